The number of amides is 2. The molecule has 2 aromatic rings. The SMILES string of the molecule is CCOc1ccc(N2C[C@H](C(=O)Nc3ncccc3C)CC2=O)cc1. The molecule has 130 valence electrons. The number of nitrogens with zero attached hydrogens (tertiary/aromatic N) is 2. The Bertz CT molecular complexity index is 774. The number of anilines is 2. The molecule has 1 saturated heterocycles. The number of carbonyl (C=O) groups excluding carboxylic acids is 2. The van der Waals surface area contributed by atoms with E-state index in [1.54, 1.807) is 11.1 Å². The zero-order valence-corrected chi connectivity index (χ0v) is 14.4. The van der Waals surface area contributed by atoms with E-state index in [2.05, 4.69) is 10.3 Å². The largest absolute Gasteiger partial charge is 0.494 e. The zero-order chi connectivity index (χ0) is 17.8. The lowest BCUT2D eigenvalue weighted by atomic mass is 10.1. The van der Waals surface area contributed by atoms with Crippen molar-refractivity contribution in [3.05, 3.63) is 48.2 Å². The lowest BCUT2D eigenvalue weighted by Gasteiger charge is -2.17. The van der Waals surface area contributed by atoms with Crippen LogP contribution in [0.5, 0.6) is 5.75 Å². The summed E-state index contributed by atoms with van der Waals surface area (Å²) in [5.41, 5.74) is 1.67. The molecule has 1 aromatic carbocycles. The van der Waals surface area contributed by atoms with Crippen molar-refractivity contribution < 1.29 is 14.3 Å². The third kappa shape index (κ3) is 3.79. The molecule has 1 N–H and O–H groups in total. The van der Waals surface area contributed by atoms with E-state index in [4.69, 9.17) is 4.74 Å². The number of rotatable bonds is 5. The molecule has 6 heteroatoms. The lowest BCUT2D eigenvalue weighted by Crippen LogP contribution is -2.28. The van der Waals surface area contributed by atoms with E-state index in [-0.39, 0.29) is 24.2 Å². The van der Waals surface area contributed by atoms with E-state index >= 15 is 0 Å². The van der Waals surface area contributed by atoms with E-state index in [0.29, 0.717) is 19.0 Å². The second-order valence-electron chi connectivity index (χ2n) is 5.99. The molecule has 1 aromatic heterocycles. The first-order valence-electron chi connectivity index (χ1n) is 8.34. The van der Waals surface area contributed by atoms with Gasteiger partial charge in [-0.1, -0.05) is 6.07 Å². The third-order valence-electron chi connectivity index (χ3n) is 4.21. The topological polar surface area (TPSA) is 71.5 Å². The molecule has 2 amide bonds. The Balaban J connectivity index is 1.67. The summed E-state index contributed by atoms with van der Waals surface area (Å²) in [5, 5.41) is 2.82. The fourth-order valence-corrected chi connectivity index (χ4v) is 2.86. The van der Waals surface area contributed by atoms with Crippen LogP contribution in [-0.2, 0) is 9.59 Å². The van der Waals surface area contributed by atoms with Crippen LogP contribution in [0.3, 0.4) is 0 Å². The van der Waals surface area contributed by atoms with Gasteiger partial charge in [-0.3, -0.25) is 9.59 Å². The van der Waals surface area contributed by atoms with Crippen molar-refractivity contribution in [1.29, 1.82) is 0 Å². The summed E-state index contributed by atoms with van der Waals surface area (Å²) in [6.45, 7) is 4.76. The van der Waals surface area contributed by atoms with Crippen LogP contribution in [0.15, 0.2) is 42.6 Å². The van der Waals surface area contributed by atoms with Gasteiger partial charge in [-0.05, 0) is 49.7 Å². The Labute approximate surface area is 146 Å². The van der Waals surface area contributed by atoms with Gasteiger partial charge >= 0.3 is 0 Å². The first-order valence-corrected chi connectivity index (χ1v) is 8.34. The Hall–Kier alpha value is -2.89. The monoisotopic (exact) mass is 339 g/mol. The molecule has 0 aliphatic carbocycles. The van der Waals surface area contributed by atoms with Gasteiger partial charge < -0.3 is 15.0 Å². The molecule has 1 aliphatic rings. The second-order valence-corrected chi connectivity index (χ2v) is 5.99. The van der Waals surface area contributed by atoms with Gasteiger partial charge in [-0.15, -0.1) is 0 Å². The van der Waals surface area contributed by atoms with Crippen LogP contribution in [0, 0.1) is 12.8 Å². The maximum absolute atomic E-state index is 12.5. The molecule has 0 unspecified atom stereocenters. The number of aromatic nitrogens is 1. The maximum atomic E-state index is 12.5. The summed E-state index contributed by atoms with van der Waals surface area (Å²) >= 11 is 0. The summed E-state index contributed by atoms with van der Waals surface area (Å²) in [6, 6.07) is 11.0. The molecule has 25 heavy (non-hydrogen) atoms. The number of pyridine rings is 1. The fourth-order valence-electron chi connectivity index (χ4n) is 2.86. The van der Waals surface area contributed by atoms with E-state index in [1.807, 2.05) is 50.2 Å². The van der Waals surface area contributed by atoms with Crippen LogP contribution in [-0.4, -0.2) is 29.9 Å². The number of hydrogen-bond donors (Lipinski definition) is 1. The average Bonchev–Trinajstić information content (AvgIpc) is 3.00. The highest BCUT2D eigenvalue weighted by molar-refractivity contribution is 6.03. The maximum Gasteiger partial charge on any atom is 0.230 e. The van der Waals surface area contributed by atoms with E-state index in [0.717, 1.165) is 17.0 Å². The Morgan fingerprint density at radius 1 is 1.32 bits per heavy atom. The predicted octanol–water partition coefficient (Wildman–Crippen LogP) is 2.78. The average molecular weight is 339 g/mol. The molecule has 3 rings (SSSR count). The first kappa shape index (κ1) is 17.0. The van der Waals surface area contributed by atoms with Gasteiger partial charge in [0.2, 0.25) is 11.8 Å². The minimum atomic E-state index is -0.388. The van der Waals surface area contributed by atoms with Gasteiger partial charge in [0.1, 0.15) is 11.6 Å². The summed E-state index contributed by atoms with van der Waals surface area (Å²) in [6.07, 6.45) is 1.83. The van der Waals surface area contributed by atoms with Gasteiger partial charge in [0.15, 0.2) is 0 Å². The standard InChI is InChI=1S/C19H21N3O3/c1-3-25-16-8-6-15(7-9-16)22-12-14(11-17(22)23)19(24)21-18-13(2)5-4-10-20-18/h4-10,14H,3,11-12H2,1-2H3,(H,20,21,24)/t14-/m1/s1. The highest BCUT2D eigenvalue weighted by Gasteiger charge is 2.35. The number of nitrogens with one attached hydrogen (secondary N) is 1. The van der Waals surface area contributed by atoms with Gasteiger partial charge in [0.05, 0.1) is 12.5 Å². The second kappa shape index (κ2) is 7.34. The third-order valence-corrected chi connectivity index (χ3v) is 4.21. The van der Waals surface area contributed by atoms with E-state index in [9.17, 15) is 9.59 Å². The highest BCUT2D eigenvalue weighted by Crippen LogP contribution is 2.27. The Morgan fingerprint density at radius 3 is 2.76 bits per heavy atom. The molecule has 0 bridgehead atoms. The van der Waals surface area contributed by atoms with Crippen LogP contribution in [0.1, 0.15) is 18.9 Å². The van der Waals surface area contributed by atoms with Gasteiger partial charge in [-0.2, -0.15) is 0 Å². The van der Waals surface area contributed by atoms with Crippen LogP contribution in [0.2, 0.25) is 0 Å². The summed E-state index contributed by atoms with van der Waals surface area (Å²) < 4.78 is 5.41. The molecule has 1 aliphatic heterocycles. The normalized spacial score (nSPS) is 16.8. The smallest absolute Gasteiger partial charge is 0.230 e. The van der Waals surface area contributed by atoms with Crippen molar-refractivity contribution >= 4 is 23.3 Å². The summed E-state index contributed by atoms with van der Waals surface area (Å²) in [5.74, 6) is 0.684. The summed E-state index contributed by atoms with van der Waals surface area (Å²) in [4.78, 5) is 30.6. The fraction of sp³-hybridized carbons (Fsp3) is 0.316. The molecule has 0 radical (unpaired) electrons. The molecule has 1 atom stereocenters. The van der Waals surface area contributed by atoms with Crippen LogP contribution < -0.4 is 15.0 Å². The number of aryl methyl sites for hydroxylation is 1. The van der Waals surface area contributed by atoms with Gasteiger partial charge in [0.25, 0.3) is 0 Å². The van der Waals surface area contributed by atoms with Crippen molar-refractivity contribution in [2.45, 2.75) is 20.3 Å². The predicted molar refractivity (Wildman–Crippen MR) is 95.7 cm³/mol. The minimum absolute atomic E-state index is 0.0537. The van der Waals surface area contributed by atoms with Crippen LogP contribution >= 0.6 is 0 Å². The van der Waals surface area contributed by atoms with Crippen molar-refractivity contribution in [1.82, 2.24) is 4.98 Å². The molecule has 1 fully saturated rings. The molecular weight excluding hydrogens is 318 g/mol. The molecule has 2 heterocycles. The van der Waals surface area contributed by atoms with E-state index in [1.165, 1.54) is 0 Å². The Morgan fingerprint density at radius 2 is 2.08 bits per heavy atom. The lowest BCUT2D eigenvalue weighted by molar-refractivity contribution is -0.122. The first-order chi connectivity index (χ1) is 12.1. The molecule has 0 saturated carbocycles. The number of ether oxygens (including phenoxy) is 1. The number of carbonyl (C=O) groups is 2. The summed E-state index contributed by atoms with van der Waals surface area (Å²) in [7, 11) is 0. The molecule has 0 spiro atoms. The van der Waals surface area contributed by atoms with Crippen molar-refractivity contribution in [2.75, 3.05) is 23.4 Å². The van der Waals surface area contributed by atoms with Gasteiger partial charge in [0, 0.05) is 24.8 Å². The number of hydrogen-bond acceptors (Lipinski definition) is 4. The van der Waals surface area contributed by atoms with Crippen LogP contribution in [0.4, 0.5) is 11.5 Å². The Kier molecular flexibility index (Phi) is 4.97. The van der Waals surface area contributed by atoms with E-state index < -0.39 is 0 Å². The molecular formula is C19H21N3O3. The number of benzene rings is 1. The minimum Gasteiger partial charge on any atom is -0.494 e. The van der Waals surface area contributed by atoms with Gasteiger partial charge in [-0.25, -0.2) is 4.98 Å². The van der Waals surface area contributed by atoms with Crippen molar-refractivity contribution in [3.8, 4) is 5.75 Å². The highest BCUT2D eigenvalue weighted by atomic mass is 16.5. The molecule has 6 nitrogen and oxygen atoms in total. The quantitative estimate of drug-likeness (QED) is 0.909. The zero-order valence-electron chi connectivity index (χ0n) is 14.4. The van der Waals surface area contributed by atoms with Crippen molar-refractivity contribution in [2.24, 2.45) is 5.92 Å². The van der Waals surface area contributed by atoms with Crippen molar-refractivity contribution in [3.63, 3.8) is 0 Å². The van der Waals surface area contributed by atoms with Crippen LogP contribution in [0.25, 0.3) is 0 Å².